The van der Waals surface area contributed by atoms with Crippen molar-refractivity contribution in [3.8, 4) is 0 Å². The lowest BCUT2D eigenvalue weighted by atomic mass is 9.66. The molecule has 0 aromatic heterocycles. The van der Waals surface area contributed by atoms with Gasteiger partial charge in [0.25, 0.3) is 0 Å². The summed E-state index contributed by atoms with van der Waals surface area (Å²) in [4.78, 5) is 39.8. The molecule has 0 saturated carbocycles. The van der Waals surface area contributed by atoms with Gasteiger partial charge in [-0.05, 0) is 52.9 Å². The number of amides is 3. The Bertz CT molecular complexity index is 637. The van der Waals surface area contributed by atoms with Gasteiger partial charge in [0, 0.05) is 18.0 Å². The summed E-state index contributed by atoms with van der Waals surface area (Å²) in [5.41, 5.74) is -0.655. The summed E-state index contributed by atoms with van der Waals surface area (Å²) in [6.45, 7) is 12.2. The molecule has 2 unspecified atom stereocenters. The molecule has 2 heterocycles. The van der Waals surface area contributed by atoms with Gasteiger partial charge in [-0.25, -0.2) is 0 Å². The number of likely N-dealkylation sites (tertiary alicyclic amines) is 1. The van der Waals surface area contributed by atoms with Crippen molar-refractivity contribution in [2.75, 3.05) is 0 Å². The summed E-state index contributed by atoms with van der Waals surface area (Å²) in [5.74, 6) is -0.450. The molecule has 5 nitrogen and oxygen atoms in total. The highest BCUT2D eigenvalue weighted by atomic mass is 16.2. The zero-order chi connectivity index (χ0) is 23.9. The van der Waals surface area contributed by atoms with Gasteiger partial charge >= 0.3 is 0 Å². The summed E-state index contributed by atoms with van der Waals surface area (Å²) in [6.07, 6.45) is 15.0. The van der Waals surface area contributed by atoms with E-state index in [1.165, 1.54) is 51.4 Å². The number of nitrogens with one attached hydrogen (secondary N) is 1. The van der Waals surface area contributed by atoms with E-state index in [9.17, 15) is 14.4 Å². The largest absolute Gasteiger partial charge is 0.333 e. The lowest BCUT2D eigenvalue weighted by molar-refractivity contribution is -0.152. The van der Waals surface area contributed by atoms with Crippen molar-refractivity contribution >= 4 is 17.7 Å². The van der Waals surface area contributed by atoms with Crippen molar-refractivity contribution in [1.82, 2.24) is 10.2 Å². The molecular formula is C27H48N2O3. The minimum atomic E-state index is -0.328. The molecule has 2 saturated heterocycles. The number of unbranched alkanes of at least 4 members (excludes halogenated alkanes) is 9. The van der Waals surface area contributed by atoms with Crippen LogP contribution < -0.4 is 5.32 Å². The van der Waals surface area contributed by atoms with Gasteiger partial charge in [-0.2, -0.15) is 0 Å². The molecule has 0 bridgehead atoms. The minimum absolute atomic E-state index is 0.0762. The van der Waals surface area contributed by atoms with E-state index in [0.717, 1.165) is 32.1 Å². The zero-order valence-electron chi connectivity index (χ0n) is 21.6. The molecule has 0 spiro atoms. The maximum absolute atomic E-state index is 12.8. The molecule has 5 heteroatoms. The Morgan fingerprint density at radius 3 is 1.78 bits per heavy atom. The molecule has 2 aliphatic rings. The average Bonchev–Trinajstić information content (AvgIpc) is 2.94. The second kappa shape index (κ2) is 11.7. The Morgan fingerprint density at radius 1 is 0.844 bits per heavy atom. The Hall–Kier alpha value is -1.39. The van der Waals surface area contributed by atoms with Crippen LogP contribution in [0.1, 0.15) is 125 Å². The fraction of sp³-hybridized carbons (Fsp3) is 0.889. The monoisotopic (exact) mass is 448 g/mol. The molecule has 32 heavy (non-hydrogen) atoms. The van der Waals surface area contributed by atoms with Gasteiger partial charge in [0.2, 0.25) is 17.7 Å². The summed E-state index contributed by atoms with van der Waals surface area (Å²) >= 11 is 0. The van der Waals surface area contributed by atoms with Crippen LogP contribution in [0.5, 0.6) is 0 Å². The van der Waals surface area contributed by atoms with Gasteiger partial charge in [-0.15, -0.1) is 0 Å². The van der Waals surface area contributed by atoms with E-state index < -0.39 is 0 Å². The molecular weight excluding hydrogens is 400 g/mol. The molecule has 2 aliphatic heterocycles. The van der Waals surface area contributed by atoms with Crippen molar-refractivity contribution in [3.05, 3.63) is 0 Å². The van der Waals surface area contributed by atoms with Gasteiger partial charge in [0.05, 0.1) is 11.8 Å². The van der Waals surface area contributed by atoms with Crippen LogP contribution in [0, 0.1) is 17.8 Å². The second-order valence-corrected chi connectivity index (χ2v) is 11.6. The molecule has 2 rings (SSSR count). The van der Waals surface area contributed by atoms with Crippen LogP contribution in [0.15, 0.2) is 0 Å². The van der Waals surface area contributed by atoms with E-state index in [2.05, 4.69) is 39.9 Å². The van der Waals surface area contributed by atoms with Crippen LogP contribution in [0.3, 0.4) is 0 Å². The van der Waals surface area contributed by atoms with E-state index in [0.29, 0.717) is 0 Å². The van der Waals surface area contributed by atoms with Crippen molar-refractivity contribution in [1.29, 1.82) is 0 Å². The first-order valence-corrected chi connectivity index (χ1v) is 13.2. The first kappa shape index (κ1) is 26.9. The Balaban J connectivity index is 1.88. The van der Waals surface area contributed by atoms with Crippen molar-refractivity contribution < 1.29 is 14.4 Å². The topological polar surface area (TPSA) is 66.5 Å². The molecule has 2 atom stereocenters. The van der Waals surface area contributed by atoms with Gasteiger partial charge in [-0.1, -0.05) is 71.1 Å². The fourth-order valence-corrected chi connectivity index (χ4v) is 6.81. The molecule has 0 aliphatic carbocycles. The van der Waals surface area contributed by atoms with Gasteiger partial charge in [-0.3, -0.25) is 19.7 Å². The van der Waals surface area contributed by atoms with Gasteiger partial charge in [0.1, 0.15) is 0 Å². The summed E-state index contributed by atoms with van der Waals surface area (Å²) < 4.78 is 0. The third-order valence-corrected chi connectivity index (χ3v) is 7.74. The van der Waals surface area contributed by atoms with E-state index in [1.807, 2.05) is 4.90 Å². The summed E-state index contributed by atoms with van der Waals surface area (Å²) in [5, 5.41) is 2.63. The molecule has 2 fully saturated rings. The number of carbonyl (C=O) groups excluding carboxylic acids is 3. The smallest absolute Gasteiger partial charge is 0.230 e. The molecule has 184 valence electrons. The summed E-state index contributed by atoms with van der Waals surface area (Å²) in [7, 11) is 0. The Kier molecular flexibility index (Phi) is 9.78. The standard InChI is InChI=1S/C27H48N2O3/c1-7-8-9-10-11-12-13-14-15-16-17-22-23(25(32)28-24(22)31)21-18-26(3,4)29(20(2)30)27(5,6)19-21/h21-23H,7-19H2,1-6H3,(H,28,31,32). The van der Waals surface area contributed by atoms with Gasteiger partial charge < -0.3 is 4.90 Å². The number of hydrogen-bond acceptors (Lipinski definition) is 3. The number of piperidine rings is 1. The lowest BCUT2D eigenvalue weighted by Crippen LogP contribution is -2.63. The van der Waals surface area contributed by atoms with Crippen molar-refractivity contribution in [2.45, 2.75) is 136 Å². The highest BCUT2D eigenvalue weighted by Crippen LogP contribution is 2.47. The average molecular weight is 449 g/mol. The van der Waals surface area contributed by atoms with Crippen LogP contribution >= 0.6 is 0 Å². The SMILES string of the molecule is CCCCCCCCCCCCC1C(=O)NC(=O)C1C1CC(C)(C)N(C(C)=O)C(C)(C)C1. The molecule has 0 aromatic rings. The highest BCUT2D eigenvalue weighted by Gasteiger charge is 2.53. The first-order valence-electron chi connectivity index (χ1n) is 13.2. The van der Waals surface area contributed by atoms with Crippen LogP contribution in [0.25, 0.3) is 0 Å². The zero-order valence-corrected chi connectivity index (χ0v) is 21.6. The maximum Gasteiger partial charge on any atom is 0.230 e. The van der Waals surface area contributed by atoms with Crippen LogP contribution in [-0.4, -0.2) is 33.7 Å². The second-order valence-electron chi connectivity index (χ2n) is 11.6. The molecule has 0 aromatic carbocycles. The normalized spacial score (nSPS) is 25.2. The van der Waals surface area contributed by atoms with Crippen LogP contribution in [0.4, 0.5) is 0 Å². The number of hydrogen-bond donors (Lipinski definition) is 1. The number of nitrogens with zero attached hydrogens (tertiary/aromatic N) is 1. The van der Waals surface area contributed by atoms with E-state index in [-0.39, 0.29) is 46.6 Å². The third kappa shape index (κ3) is 6.81. The van der Waals surface area contributed by atoms with E-state index in [4.69, 9.17) is 0 Å². The lowest BCUT2D eigenvalue weighted by Gasteiger charge is -2.56. The number of carbonyl (C=O) groups is 3. The molecule has 0 radical (unpaired) electrons. The Morgan fingerprint density at radius 2 is 1.31 bits per heavy atom. The molecule has 3 amide bonds. The predicted octanol–water partition coefficient (Wildman–Crippen LogP) is 6.00. The fourth-order valence-electron chi connectivity index (χ4n) is 6.81. The van der Waals surface area contributed by atoms with Crippen LogP contribution in [0.2, 0.25) is 0 Å². The number of rotatable bonds is 12. The minimum Gasteiger partial charge on any atom is -0.333 e. The van der Waals surface area contributed by atoms with Gasteiger partial charge in [0.15, 0.2) is 0 Å². The van der Waals surface area contributed by atoms with Crippen molar-refractivity contribution in [2.24, 2.45) is 17.8 Å². The number of imide groups is 1. The van der Waals surface area contributed by atoms with E-state index in [1.54, 1.807) is 6.92 Å². The maximum atomic E-state index is 12.8. The van der Waals surface area contributed by atoms with Crippen molar-refractivity contribution in [3.63, 3.8) is 0 Å². The predicted molar refractivity (Wildman–Crippen MR) is 130 cm³/mol. The highest BCUT2D eigenvalue weighted by molar-refractivity contribution is 6.05. The molecule has 1 N–H and O–H groups in total. The third-order valence-electron chi connectivity index (χ3n) is 7.74. The summed E-state index contributed by atoms with van der Waals surface area (Å²) in [6, 6.07) is 0. The van der Waals surface area contributed by atoms with E-state index >= 15 is 0 Å². The van der Waals surface area contributed by atoms with Crippen LogP contribution in [-0.2, 0) is 14.4 Å². The first-order chi connectivity index (χ1) is 15.0. The quantitative estimate of drug-likeness (QED) is 0.294. The Labute approximate surface area is 196 Å².